The van der Waals surface area contributed by atoms with Crippen molar-refractivity contribution in [2.45, 2.75) is 14.7 Å². The number of aliphatic hydroxyl groups is 2. The van der Waals surface area contributed by atoms with Crippen LogP contribution in [-0.4, -0.2) is 85.8 Å². The van der Waals surface area contributed by atoms with Gasteiger partial charge in [0.15, 0.2) is 5.75 Å². The fourth-order valence-corrected chi connectivity index (χ4v) is 6.00. The first-order chi connectivity index (χ1) is 22.8. The van der Waals surface area contributed by atoms with Gasteiger partial charge in [-0.3, -0.25) is 13.7 Å². The van der Waals surface area contributed by atoms with Crippen molar-refractivity contribution in [3.63, 3.8) is 0 Å². The molecular formula is C26H25N5O15S3. The zero-order chi connectivity index (χ0) is 36.3. The topological polar surface area (TPSA) is 338 Å². The summed E-state index contributed by atoms with van der Waals surface area (Å²) in [6.45, 7) is -1.73. The molecule has 20 nitrogen and oxygen atoms in total. The Morgan fingerprint density at radius 1 is 0.633 bits per heavy atom. The standard InChI is InChI=1S/C26H25N5O15S3/c27-14-1-2-16(22(9-14)48(39,40)41)28-29-17-11-21(46-6-4-33)18(12-20(17)45-5-3-32)30-31-25-23(49(42,43)44)8-13-7-15(47(36,37)38)10-19(34)24(13)26(25)35/h1-2,7-12,32-35H,3-6,27H2,(H,36,37,38)(H,39,40,41)(H,42,43,44)/b29-28+,31-30+. The lowest BCUT2D eigenvalue weighted by Crippen LogP contribution is -2.04. The molecule has 0 aliphatic carbocycles. The van der Waals surface area contributed by atoms with Crippen LogP contribution in [0.1, 0.15) is 0 Å². The molecule has 0 spiro atoms. The van der Waals surface area contributed by atoms with Crippen molar-refractivity contribution >= 4 is 69.6 Å². The number of phenolic OH excluding ortho intramolecular Hbond substituents is 2. The Bertz CT molecular complexity index is 2330. The Labute approximate surface area is 276 Å². The first-order valence-corrected chi connectivity index (χ1v) is 17.5. The molecule has 0 radical (unpaired) electrons. The summed E-state index contributed by atoms with van der Waals surface area (Å²) in [4.78, 5) is -2.65. The number of aliphatic hydroxyl groups excluding tert-OH is 2. The van der Waals surface area contributed by atoms with Crippen LogP contribution in [0.5, 0.6) is 23.0 Å². The third-order valence-corrected chi connectivity index (χ3v) is 8.78. The molecule has 0 aliphatic heterocycles. The number of anilines is 1. The first-order valence-electron chi connectivity index (χ1n) is 13.2. The van der Waals surface area contributed by atoms with Gasteiger partial charge in [-0.15, -0.1) is 20.5 Å². The average Bonchev–Trinajstić information content (AvgIpc) is 3.00. The third-order valence-electron chi connectivity index (χ3n) is 6.20. The molecule has 0 atom stereocenters. The highest BCUT2D eigenvalue weighted by atomic mass is 32.2. The molecule has 4 aromatic carbocycles. The van der Waals surface area contributed by atoms with Crippen LogP contribution < -0.4 is 15.2 Å². The molecule has 0 bridgehead atoms. The lowest BCUT2D eigenvalue weighted by molar-refractivity contribution is 0.198. The van der Waals surface area contributed by atoms with Crippen LogP contribution in [-0.2, 0) is 30.4 Å². The molecule has 0 aliphatic rings. The highest BCUT2D eigenvalue weighted by Gasteiger charge is 2.26. The number of azo groups is 2. The van der Waals surface area contributed by atoms with E-state index in [4.69, 9.17) is 15.2 Å². The lowest BCUT2D eigenvalue weighted by atomic mass is 10.1. The van der Waals surface area contributed by atoms with Crippen LogP contribution in [0.15, 0.2) is 83.7 Å². The number of hydrogen-bond donors (Lipinski definition) is 8. The van der Waals surface area contributed by atoms with Crippen LogP contribution in [0.25, 0.3) is 10.8 Å². The number of nitrogen functional groups attached to an aromatic ring is 1. The van der Waals surface area contributed by atoms with Crippen LogP contribution in [0.4, 0.5) is 28.4 Å². The Balaban J connectivity index is 1.93. The van der Waals surface area contributed by atoms with Gasteiger partial charge < -0.3 is 35.6 Å². The van der Waals surface area contributed by atoms with E-state index in [1.165, 1.54) is 6.07 Å². The minimum absolute atomic E-state index is 0.0133. The van der Waals surface area contributed by atoms with Crippen molar-refractivity contribution in [2.24, 2.45) is 20.5 Å². The highest BCUT2D eigenvalue weighted by Crippen LogP contribution is 2.47. The second-order valence-electron chi connectivity index (χ2n) is 9.60. The molecule has 0 heterocycles. The number of nitrogens with two attached hydrogens (primary N) is 1. The smallest absolute Gasteiger partial charge is 0.296 e. The normalized spacial score (nSPS) is 12.7. The van der Waals surface area contributed by atoms with Crippen molar-refractivity contribution in [3.8, 4) is 23.0 Å². The van der Waals surface area contributed by atoms with Gasteiger partial charge in [0, 0.05) is 23.9 Å². The number of aromatic hydroxyl groups is 2. The van der Waals surface area contributed by atoms with Crippen molar-refractivity contribution < 1.29 is 68.8 Å². The number of phenols is 2. The van der Waals surface area contributed by atoms with Gasteiger partial charge >= 0.3 is 0 Å². The molecule has 0 aromatic heterocycles. The van der Waals surface area contributed by atoms with Crippen LogP contribution >= 0.6 is 0 Å². The average molecular weight is 744 g/mol. The van der Waals surface area contributed by atoms with Gasteiger partial charge in [-0.2, -0.15) is 25.3 Å². The van der Waals surface area contributed by atoms with Gasteiger partial charge in [0.1, 0.15) is 63.0 Å². The number of nitrogens with zero attached hydrogens (tertiary/aromatic N) is 4. The molecule has 4 rings (SSSR count). The molecule has 23 heteroatoms. The molecule has 0 saturated carbocycles. The number of hydrogen-bond acceptors (Lipinski definition) is 17. The minimum Gasteiger partial charge on any atom is -0.507 e. The monoisotopic (exact) mass is 743 g/mol. The summed E-state index contributed by atoms with van der Waals surface area (Å²) in [5.41, 5.74) is 3.81. The molecule has 0 amide bonds. The van der Waals surface area contributed by atoms with Crippen LogP contribution in [0.2, 0.25) is 0 Å². The van der Waals surface area contributed by atoms with E-state index in [1.807, 2.05) is 0 Å². The lowest BCUT2D eigenvalue weighted by Gasteiger charge is -2.13. The zero-order valence-electron chi connectivity index (χ0n) is 24.4. The molecule has 9 N–H and O–H groups in total. The number of rotatable bonds is 13. The minimum atomic E-state index is -5.23. The summed E-state index contributed by atoms with van der Waals surface area (Å²) in [5.74, 6) is -2.48. The summed E-state index contributed by atoms with van der Waals surface area (Å²) >= 11 is 0. The van der Waals surface area contributed by atoms with E-state index in [2.05, 4.69) is 20.5 Å². The Morgan fingerprint density at radius 3 is 1.67 bits per heavy atom. The van der Waals surface area contributed by atoms with E-state index in [-0.39, 0.29) is 47.5 Å². The number of ether oxygens (including phenoxy) is 2. The fraction of sp³-hybridized carbons (Fsp3) is 0.154. The largest absolute Gasteiger partial charge is 0.507 e. The molecular weight excluding hydrogens is 719 g/mol. The van der Waals surface area contributed by atoms with Gasteiger partial charge in [-0.25, -0.2) is 0 Å². The van der Waals surface area contributed by atoms with Crippen LogP contribution in [0, 0.1) is 0 Å². The maximum absolute atomic E-state index is 12.3. The maximum atomic E-state index is 12.3. The summed E-state index contributed by atoms with van der Waals surface area (Å²) in [5, 5.41) is 54.4. The van der Waals surface area contributed by atoms with Crippen molar-refractivity contribution in [1.29, 1.82) is 0 Å². The van der Waals surface area contributed by atoms with E-state index in [9.17, 15) is 59.3 Å². The van der Waals surface area contributed by atoms with Gasteiger partial charge in [0.25, 0.3) is 30.4 Å². The molecule has 0 saturated heterocycles. The van der Waals surface area contributed by atoms with Gasteiger partial charge in [0.2, 0.25) is 0 Å². The van der Waals surface area contributed by atoms with E-state index in [0.717, 1.165) is 24.3 Å². The van der Waals surface area contributed by atoms with Gasteiger partial charge in [-0.1, -0.05) is 0 Å². The predicted octanol–water partition coefficient (Wildman–Crippen LogP) is 3.15. The Kier molecular flexibility index (Phi) is 10.7. The quantitative estimate of drug-likeness (QED) is 0.0553. The molecule has 0 unspecified atom stereocenters. The van der Waals surface area contributed by atoms with Crippen molar-refractivity contribution in [1.82, 2.24) is 0 Å². The number of benzene rings is 4. The first kappa shape index (κ1) is 36.8. The van der Waals surface area contributed by atoms with E-state index < -0.39 is 86.2 Å². The Hall–Kier alpha value is -5.01. The highest BCUT2D eigenvalue weighted by molar-refractivity contribution is 7.86. The SMILES string of the molecule is Nc1ccc(/N=N/c2cc(OCCO)c(/N=N/c3c(S(=O)(=O)O)cc4cc(S(=O)(=O)O)cc(O)c4c3O)cc2OCCO)c(S(=O)(=O)O)c1. The molecule has 262 valence electrons. The Morgan fingerprint density at radius 2 is 1.16 bits per heavy atom. The summed E-state index contributed by atoms with van der Waals surface area (Å²) < 4.78 is 111. The molecule has 49 heavy (non-hydrogen) atoms. The molecule has 4 aromatic rings. The van der Waals surface area contributed by atoms with Crippen molar-refractivity contribution in [2.75, 3.05) is 32.2 Å². The van der Waals surface area contributed by atoms with Crippen LogP contribution in [0.3, 0.4) is 0 Å². The number of fused-ring (bicyclic) bond motifs is 1. The summed E-state index contributed by atoms with van der Waals surface area (Å²) in [6.07, 6.45) is 0. The van der Waals surface area contributed by atoms with E-state index in [1.54, 1.807) is 0 Å². The summed E-state index contributed by atoms with van der Waals surface area (Å²) in [6, 6.07) is 7.46. The second-order valence-corrected chi connectivity index (χ2v) is 13.8. The molecule has 0 fully saturated rings. The third kappa shape index (κ3) is 8.54. The fourth-order valence-electron chi connectivity index (χ4n) is 4.15. The van der Waals surface area contributed by atoms with Gasteiger partial charge in [0.05, 0.1) is 23.5 Å². The summed E-state index contributed by atoms with van der Waals surface area (Å²) in [7, 11) is -14.9. The van der Waals surface area contributed by atoms with E-state index >= 15 is 0 Å². The maximum Gasteiger partial charge on any atom is 0.296 e. The zero-order valence-corrected chi connectivity index (χ0v) is 26.9. The van der Waals surface area contributed by atoms with E-state index in [0.29, 0.717) is 18.2 Å². The predicted molar refractivity (Wildman–Crippen MR) is 168 cm³/mol. The van der Waals surface area contributed by atoms with Crippen molar-refractivity contribution in [3.05, 3.63) is 48.5 Å². The van der Waals surface area contributed by atoms with Gasteiger partial charge in [-0.05, 0) is 35.7 Å². The second kappa shape index (κ2) is 14.2.